The van der Waals surface area contributed by atoms with Crippen LogP contribution in [0.15, 0.2) is 66.7 Å². The molecule has 0 saturated heterocycles. The van der Waals surface area contributed by atoms with E-state index in [1.54, 1.807) is 13.8 Å². The Labute approximate surface area is 168 Å². The highest BCUT2D eigenvalue weighted by atomic mass is 16.5. The molecule has 0 aliphatic rings. The van der Waals surface area contributed by atoms with Gasteiger partial charge in [-0.25, -0.2) is 4.79 Å². The Bertz CT molecular complexity index is 1410. The quantitative estimate of drug-likeness (QED) is 0.167. The number of carbonyl (C=O) groups is 2. The van der Waals surface area contributed by atoms with Crippen LogP contribution in [-0.4, -0.2) is 18.4 Å². The van der Waals surface area contributed by atoms with E-state index in [0.29, 0.717) is 0 Å². The van der Waals surface area contributed by atoms with E-state index in [1.807, 2.05) is 18.2 Å². The summed E-state index contributed by atoms with van der Waals surface area (Å²) >= 11 is 0. The number of hydrogen-bond acceptors (Lipinski definition) is 3. The number of rotatable bonds is 4. The number of benzene rings is 5. The molecular weight excluding hydrogens is 360 g/mol. The molecule has 5 rings (SSSR count). The molecule has 3 heteroatoms. The molecule has 142 valence electrons. The molecule has 1 atom stereocenters. The Balaban J connectivity index is 1.87. The molecular formula is C26H20O3. The maximum absolute atomic E-state index is 12.7. The van der Waals surface area contributed by atoms with Crippen LogP contribution in [0, 0.1) is 0 Å². The molecule has 29 heavy (non-hydrogen) atoms. The minimum Gasteiger partial charge on any atom is -0.460 e. The Morgan fingerprint density at radius 1 is 0.793 bits per heavy atom. The van der Waals surface area contributed by atoms with Gasteiger partial charge in [-0.3, -0.25) is 4.79 Å². The average Bonchev–Trinajstić information content (AvgIpc) is 2.75. The molecule has 0 saturated carbocycles. The van der Waals surface area contributed by atoms with Gasteiger partial charge in [0, 0.05) is 0 Å². The lowest BCUT2D eigenvalue weighted by molar-refractivity contribution is -0.154. The zero-order valence-electron chi connectivity index (χ0n) is 16.4. The van der Waals surface area contributed by atoms with Crippen LogP contribution < -0.4 is 0 Å². The molecule has 3 nitrogen and oxygen atoms in total. The van der Waals surface area contributed by atoms with E-state index in [-0.39, 0.29) is 6.61 Å². The van der Waals surface area contributed by atoms with E-state index in [9.17, 15) is 9.59 Å². The molecule has 0 amide bonds. The van der Waals surface area contributed by atoms with E-state index >= 15 is 0 Å². The molecule has 5 aromatic carbocycles. The third-order valence-corrected chi connectivity index (χ3v) is 5.85. The minimum atomic E-state index is -0.768. The Hall–Kier alpha value is -3.46. The van der Waals surface area contributed by atoms with Crippen LogP contribution >= 0.6 is 0 Å². The van der Waals surface area contributed by atoms with Crippen LogP contribution in [-0.2, 0) is 14.3 Å². The summed E-state index contributed by atoms with van der Waals surface area (Å²) in [4.78, 5) is 24.8. The van der Waals surface area contributed by atoms with Crippen molar-refractivity contribution in [3.63, 3.8) is 0 Å². The van der Waals surface area contributed by atoms with Crippen LogP contribution in [0.3, 0.4) is 0 Å². The number of carbonyl (C=O) groups excluding carboxylic acids is 2. The molecule has 1 unspecified atom stereocenters. The number of esters is 1. The highest BCUT2D eigenvalue weighted by Crippen LogP contribution is 2.41. The molecule has 0 aliphatic heterocycles. The van der Waals surface area contributed by atoms with Crippen molar-refractivity contribution in [1.29, 1.82) is 0 Å². The molecule has 0 fully saturated rings. The lowest BCUT2D eigenvalue weighted by Crippen LogP contribution is -2.23. The minimum absolute atomic E-state index is 0.194. The van der Waals surface area contributed by atoms with Crippen molar-refractivity contribution >= 4 is 54.8 Å². The van der Waals surface area contributed by atoms with Crippen LogP contribution in [0.25, 0.3) is 43.1 Å². The normalized spacial score (nSPS) is 12.8. The van der Waals surface area contributed by atoms with E-state index in [1.165, 1.54) is 16.2 Å². The van der Waals surface area contributed by atoms with Crippen LogP contribution in [0.5, 0.6) is 0 Å². The Morgan fingerprint density at radius 3 is 2.34 bits per heavy atom. The fourth-order valence-electron chi connectivity index (χ4n) is 4.49. The van der Waals surface area contributed by atoms with Gasteiger partial charge in [0.1, 0.15) is 0 Å². The zero-order chi connectivity index (χ0) is 20.1. The number of fused-ring (bicyclic) bond motifs is 2. The van der Waals surface area contributed by atoms with Crippen molar-refractivity contribution in [3.05, 3.63) is 72.3 Å². The van der Waals surface area contributed by atoms with Gasteiger partial charge in [-0.1, -0.05) is 61.5 Å². The number of ketones is 1. The van der Waals surface area contributed by atoms with Crippen LogP contribution in [0.1, 0.15) is 25.3 Å². The monoisotopic (exact) mass is 380 g/mol. The molecule has 0 spiro atoms. The second-order valence-electron chi connectivity index (χ2n) is 7.48. The van der Waals surface area contributed by atoms with Gasteiger partial charge in [0.15, 0.2) is 0 Å². The van der Waals surface area contributed by atoms with E-state index in [0.717, 1.165) is 32.5 Å². The van der Waals surface area contributed by atoms with Crippen molar-refractivity contribution in [2.24, 2.45) is 0 Å². The third-order valence-electron chi connectivity index (χ3n) is 5.85. The van der Waals surface area contributed by atoms with Crippen molar-refractivity contribution in [2.45, 2.75) is 19.8 Å². The van der Waals surface area contributed by atoms with E-state index in [2.05, 4.69) is 48.5 Å². The SMILES string of the molecule is CCOC(=O)C(=O)C(C)c1cc2cc3ccccc3c3ccc4cccc1c4c23. The summed E-state index contributed by atoms with van der Waals surface area (Å²) in [5.74, 6) is -1.85. The largest absolute Gasteiger partial charge is 0.460 e. The van der Waals surface area contributed by atoms with Gasteiger partial charge in [0.2, 0.25) is 5.78 Å². The fourth-order valence-corrected chi connectivity index (χ4v) is 4.49. The maximum atomic E-state index is 12.7. The number of hydrogen-bond donors (Lipinski definition) is 0. The maximum Gasteiger partial charge on any atom is 0.375 e. The zero-order valence-corrected chi connectivity index (χ0v) is 16.4. The first kappa shape index (κ1) is 17.6. The van der Waals surface area contributed by atoms with Crippen LogP contribution in [0.2, 0.25) is 0 Å². The van der Waals surface area contributed by atoms with Gasteiger partial charge >= 0.3 is 5.97 Å². The summed E-state index contributed by atoms with van der Waals surface area (Å²) < 4.78 is 4.96. The first-order valence-electron chi connectivity index (χ1n) is 9.90. The average molecular weight is 380 g/mol. The molecule has 0 N–H and O–H groups in total. The predicted molar refractivity (Wildman–Crippen MR) is 118 cm³/mol. The Morgan fingerprint density at radius 2 is 1.52 bits per heavy atom. The van der Waals surface area contributed by atoms with E-state index < -0.39 is 17.7 Å². The summed E-state index contributed by atoms with van der Waals surface area (Å²) in [7, 11) is 0. The second kappa shape index (κ2) is 6.56. The molecule has 0 aromatic heterocycles. The van der Waals surface area contributed by atoms with Gasteiger partial charge in [-0.15, -0.1) is 0 Å². The standard InChI is InChI=1S/C26H20O3/c1-3-29-26(28)25(27)15(2)22-14-18-13-17-7-4-5-9-19(17)21-12-11-16-8-6-10-20(22)23(16)24(18)21/h4-15H,3H2,1-2H3. The molecule has 0 radical (unpaired) electrons. The number of ether oxygens (including phenoxy) is 1. The summed E-state index contributed by atoms with van der Waals surface area (Å²) in [6.45, 7) is 3.69. The topological polar surface area (TPSA) is 43.4 Å². The summed E-state index contributed by atoms with van der Waals surface area (Å²) in [6.07, 6.45) is 0. The summed E-state index contributed by atoms with van der Waals surface area (Å²) in [5, 5.41) is 9.17. The fraction of sp³-hybridized carbons (Fsp3) is 0.154. The van der Waals surface area contributed by atoms with Crippen molar-refractivity contribution < 1.29 is 14.3 Å². The third kappa shape index (κ3) is 2.58. The van der Waals surface area contributed by atoms with E-state index in [4.69, 9.17) is 4.74 Å². The molecule has 0 aliphatic carbocycles. The highest BCUT2D eigenvalue weighted by Gasteiger charge is 2.26. The van der Waals surface area contributed by atoms with Gasteiger partial charge in [-0.2, -0.15) is 0 Å². The predicted octanol–water partition coefficient (Wildman–Crippen LogP) is 5.97. The first-order valence-corrected chi connectivity index (χ1v) is 9.90. The van der Waals surface area contributed by atoms with Crippen molar-refractivity contribution in [1.82, 2.24) is 0 Å². The van der Waals surface area contributed by atoms with Gasteiger partial charge in [0.05, 0.1) is 12.5 Å². The molecule has 0 heterocycles. The van der Waals surface area contributed by atoms with Gasteiger partial charge in [0.25, 0.3) is 0 Å². The number of Topliss-reactive ketones (excluding diaryl/α,β-unsaturated/α-hetero) is 1. The lowest BCUT2D eigenvalue weighted by atomic mass is 9.84. The summed E-state index contributed by atoms with van der Waals surface area (Å²) in [6, 6.07) is 23.1. The lowest BCUT2D eigenvalue weighted by Gasteiger charge is -2.19. The molecule has 0 bridgehead atoms. The highest BCUT2D eigenvalue weighted by molar-refractivity contribution is 6.37. The first-order chi connectivity index (χ1) is 14.1. The molecule has 5 aromatic rings. The van der Waals surface area contributed by atoms with Gasteiger partial charge in [-0.05, 0) is 67.7 Å². The van der Waals surface area contributed by atoms with Crippen molar-refractivity contribution in [3.8, 4) is 0 Å². The summed E-state index contributed by atoms with van der Waals surface area (Å²) in [5.41, 5.74) is 0.865. The second-order valence-corrected chi connectivity index (χ2v) is 7.48. The van der Waals surface area contributed by atoms with Gasteiger partial charge < -0.3 is 4.74 Å². The van der Waals surface area contributed by atoms with Crippen LogP contribution in [0.4, 0.5) is 0 Å². The Kier molecular flexibility index (Phi) is 3.99. The smallest absolute Gasteiger partial charge is 0.375 e. The van der Waals surface area contributed by atoms with Crippen molar-refractivity contribution in [2.75, 3.05) is 6.61 Å².